The molecule has 21 heavy (non-hydrogen) atoms. The predicted molar refractivity (Wildman–Crippen MR) is 77.5 cm³/mol. The molecule has 0 radical (unpaired) electrons. The number of carbonyl (C=O) groups is 1. The van der Waals surface area contributed by atoms with Crippen molar-refractivity contribution < 1.29 is 9.18 Å². The zero-order valence-electron chi connectivity index (χ0n) is 11.1. The van der Waals surface area contributed by atoms with Crippen LogP contribution in [0, 0.1) is 17.1 Å². The van der Waals surface area contributed by atoms with Crippen LogP contribution in [0.1, 0.15) is 21.5 Å². The summed E-state index contributed by atoms with van der Waals surface area (Å²) in [4.78, 5) is 11.0. The maximum Gasteiger partial charge on any atom is 0.150 e. The normalized spacial score (nSPS) is 10.5. The first-order valence-corrected chi connectivity index (χ1v) is 6.44. The maximum atomic E-state index is 13.9. The Morgan fingerprint density at radius 3 is 2.86 bits per heavy atom. The van der Waals surface area contributed by atoms with Crippen molar-refractivity contribution in [3.05, 3.63) is 71.2 Å². The van der Waals surface area contributed by atoms with E-state index in [1.165, 1.54) is 12.1 Å². The van der Waals surface area contributed by atoms with Gasteiger partial charge < -0.3 is 4.57 Å². The number of hydrogen-bond acceptors (Lipinski definition) is 2. The Bertz CT molecular complexity index is 874. The highest BCUT2D eigenvalue weighted by Gasteiger charge is 2.08. The van der Waals surface area contributed by atoms with Crippen LogP contribution in [0.2, 0.25) is 0 Å². The summed E-state index contributed by atoms with van der Waals surface area (Å²) in [5, 5.41) is 9.74. The average Bonchev–Trinajstić information content (AvgIpc) is 2.92. The molecule has 0 bridgehead atoms. The van der Waals surface area contributed by atoms with Gasteiger partial charge in [-0.2, -0.15) is 5.26 Å². The van der Waals surface area contributed by atoms with Crippen molar-refractivity contribution in [3.8, 4) is 6.07 Å². The molecule has 4 heteroatoms. The van der Waals surface area contributed by atoms with Crippen LogP contribution in [0.5, 0.6) is 0 Å². The Balaban J connectivity index is 2.07. The first-order chi connectivity index (χ1) is 10.2. The van der Waals surface area contributed by atoms with Gasteiger partial charge in [0, 0.05) is 28.2 Å². The second kappa shape index (κ2) is 5.22. The molecule has 2 aromatic carbocycles. The van der Waals surface area contributed by atoms with Crippen molar-refractivity contribution >= 4 is 17.2 Å². The molecule has 0 unspecified atom stereocenters. The molecule has 3 nitrogen and oxygen atoms in total. The first-order valence-electron chi connectivity index (χ1n) is 6.44. The molecular weight excluding hydrogens is 267 g/mol. The maximum absolute atomic E-state index is 13.9. The fourth-order valence-electron chi connectivity index (χ4n) is 2.44. The topological polar surface area (TPSA) is 45.8 Å². The number of nitriles is 1. The van der Waals surface area contributed by atoms with Crippen LogP contribution in [0.25, 0.3) is 10.9 Å². The Morgan fingerprint density at radius 1 is 1.24 bits per heavy atom. The Hall–Kier alpha value is -2.93. The van der Waals surface area contributed by atoms with Gasteiger partial charge in [0.05, 0.1) is 18.2 Å². The monoisotopic (exact) mass is 278 g/mol. The van der Waals surface area contributed by atoms with Gasteiger partial charge in [-0.15, -0.1) is 0 Å². The molecular formula is C17H11FN2O. The SMILES string of the molecule is N#Cc1ccc(F)c(Cn2ccc3c(C=O)cccc32)c1. The molecule has 0 spiro atoms. The van der Waals surface area contributed by atoms with Gasteiger partial charge in [0.2, 0.25) is 0 Å². The van der Waals surface area contributed by atoms with Crippen LogP contribution < -0.4 is 0 Å². The number of halogens is 1. The highest BCUT2D eigenvalue weighted by Crippen LogP contribution is 2.21. The van der Waals surface area contributed by atoms with E-state index in [0.717, 1.165) is 17.2 Å². The molecule has 1 heterocycles. The van der Waals surface area contributed by atoms with E-state index in [1.807, 2.05) is 29.0 Å². The zero-order chi connectivity index (χ0) is 14.8. The van der Waals surface area contributed by atoms with E-state index in [2.05, 4.69) is 0 Å². The van der Waals surface area contributed by atoms with Crippen molar-refractivity contribution in [3.63, 3.8) is 0 Å². The van der Waals surface area contributed by atoms with Gasteiger partial charge in [-0.1, -0.05) is 12.1 Å². The third-order valence-electron chi connectivity index (χ3n) is 3.49. The van der Waals surface area contributed by atoms with Gasteiger partial charge in [-0.05, 0) is 30.3 Å². The third kappa shape index (κ3) is 2.30. The number of fused-ring (bicyclic) bond motifs is 1. The Kier molecular flexibility index (Phi) is 3.25. The number of nitrogens with zero attached hydrogens (tertiary/aromatic N) is 2. The largest absolute Gasteiger partial charge is 0.343 e. The van der Waals surface area contributed by atoms with Crippen molar-refractivity contribution in [2.24, 2.45) is 0 Å². The van der Waals surface area contributed by atoms with Crippen LogP contribution >= 0.6 is 0 Å². The Morgan fingerprint density at radius 2 is 2.10 bits per heavy atom. The van der Waals surface area contributed by atoms with Crippen LogP contribution in [0.15, 0.2) is 48.7 Å². The molecule has 3 rings (SSSR count). The molecule has 0 fully saturated rings. The zero-order valence-corrected chi connectivity index (χ0v) is 11.1. The molecule has 0 aliphatic rings. The Labute approximate surface area is 120 Å². The lowest BCUT2D eigenvalue weighted by atomic mass is 10.1. The fraction of sp³-hybridized carbons (Fsp3) is 0.0588. The molecule has 102 valence electrons. The lowest BCUT2D eigenvalue weighted by molar-refractivity contribution is 0.112. The standard InChI is InChI=1S/C17H11FN2O/c18-16-5-4-12(9-19)8-14(16)10-20-7-6-15-13(11-21)2-1-3-17(15)20/h1-8,11H,10H2. The molecule has 3 aromatic rings. The van der Waals surface area contributed by atoms with Crippen molar-refractivity contribution in [2.75, 3.05) is 0 Å². The summed E-state index contributed by atoms with van der Waals surface area (Å²) in [6, 6.07) is 13.6. The highest BCUT2D eigenvalue weighted by atomic mass is 19.1. The smallest absolute Gasteiger partial charge is 0.150 e. The van der Waals surface area contributed by atoms with Gasteiger partial charge in [0.1, 0.15) is 5.82 Å². The van der Waals surface area contributed by atoms with Crippen molar-refractivity contribution in [1.82, 2.24) is 4.57 Å². The third-order valence-corrected chi connectivity index (χ3v) is 3.49. The quantitative estimate of drug-likeness (QED) is 0.688. The second-order valence-corrected chi connectivity index (χ2v) is 4.76. The fourth-order valence-corrected chi connectivity index (χ4v) is 2.44. The van der Waals surface area contributed by atoms with Crippen LogP contribution in [-0.4, -0.2) is 10.9 Å². The lowest BCUT2D eigenvalue weighted by Crippen LogP contribution is -2.01. The number of aldehydes is 1. The summed E-state index contributed by atoms with van der Waals surface area (Å²) < 4.78 is 15.7. The molecule has 0 aliphatic carbocycles. The van der Waals surface area contributed by atoms with Gasteiger partial charge in [0.25, 0.3) is 0 Å². The van der Waals surface area contributed by atoms with Crippen molar-refractivity contribution in [2.45, 2.75) is 6.54 Å². The summed E-state index contributed by atoms with van der Waals surface area (Å²) in [5.74, 6) is -0.345. The summed E-state index contributed by atoms with van der Waals surface area (Å²) in [7, 11) is 0. The number of carbonyl (C=O) groups excluding carboxylic acids is 1. The van der Waals surface area contributed by atoms with E-state index in [9.17, 15) is 9.18 Å². The molecule has 0 aliphatic heterocycles. The minimum absolute atomic E-state index is 0.313. The van der Waals surface area contributed by atoms with E-state index in [0.29, 0.717) is 23.2 Å². The highest BCUT2D eigenvalue weighted by molar-refractivity contribution is 5.97. The van der Waals surface area contributed by atoms with E-state index in [4.69, 9.17) is 5.26 Å². The van der Waals surface area contributed by atoms with E-state index in [-0.39, 0.29) is 5.82 Å². The summed E-state index contributed by atoms with van der Waals surface area (Å²) in [5.41, 5.74) is 2.35. The summed E-state index contributed by atoms with van der Waals surface area (Å²) >= 11 is 0. The minimum Gasteiger partial charge on any atom is -0.343 e. The van der Waals surface area contributed by atoms with Crippen LogP contribution in [0.3, 0.4) is 0 Å². The van der Waals surface area contributed by atoms with Gasteiger partial charge in [0.15, 0.2) is 6.29 Å². The lowest BCUT2D eigenvalue weighted by Gasteiger charge is -2.07. The first kappa shape index (κ1) is 13.1. The molecule has 1 aromatic heterocycles. The van der Waals surface area contributed by atoms with E-state index >= 15 is 0 Å². The number of rotatable bonds is 3. The molecule has 0 amide bonds. The van der Waals surface area contributed by atoms with Gasteiger partial charge >= 0.3 is 0 Å². The van der Waals surface area contributed by atoms with E-state index in [1.54, 1.807) is 18.2 Å². The van der Waals surface area contributed by atoms with Crippen LogP contribution in [0.4, 0.5) is 4.39 Å². The molecule has 0 atom stereocenters. The number of hydrogen-bond donors (Lipinski definition) is 0. The summed E-state index contributed by atoms with van der Waals surface area (Å²) in [6.07, 6.45) is 2.62. The predicted octanol–water partition coefficient (Wildman–Crippen LogP) is 3.51. The number of benzene rings is 2. The second-order valence-electron chi connectivity index (χ2n) is 4.76. The van der Waals surface area contributed by atoms with Crippen LogP contribution in [-0.2, 0) is 6.54 Å². The molecule has 0 saturated carbocycles. The van der Waals surface area contributed by atoms with Crippen molar-refractivity contribution in [1.29, 1.82) is 5.26 Å². The van der Waals surface area contributed by atoms with Gasteiger partial charge in [-0.3, -0.25) is 4.79 Å². The molecule has 0 saturated heterocycles. The van der Waals surface area contributed by atoms with Gasteiger partial charge in [-0.25, -0.2) is 4.39 Å². The summed E-state index contributed by atoms with van der Waals surface area (Å²) in [6.45, 7) is 0.313. The number of aromatic nitrogens is 1. The minimum atomic E-state index is -0.345. The molecule has 0 N–H and O–H groups in total. The van der Waals surface area contributed by atoms with E-state index < -0.39 is 0 Å². The average molecular weight is 278 g/mol.